The molecule has 0 aliphatic rings. The molecule has 6 nitrogen and oxygen atoms in total. The number of hydrogen-bond acceptors (Lipinski definition) is 3. The third kappa shape index (κ3) is 4.70. The van der Waals surface area contributed by atoms with Crippen molar-refractivity contribution in [1.29, 1.82) is 0 Å². The molecule has 2 aromatic carbocycles. The first-order valence-electron chi connectivity index (χ1n) is 6.86. The van der Waals surface area contributed by atoms with Crippen LogP contribution in [0.15, 0.2) is 48.5 Å². The second-order valence-electron chi connectivity index (χ2n) is 4.98. The van der Waals surface area contributed by atoms with Crippen LogP contribution in [0.2, 0.25) is 0 Å². The minimum atomic E-state index is -0.630. The van der Waals surface area contributed by atoms with Crippen LogP contribution in [0.4, 0.5) is 20.6 Å². The molecular formula is C16H17FN4O2. The molecule has 0 heterocycles. The molecule has 0 spiro atoms. The number of nitrogens with one attached hydrogen (secondary N) is 3. The Morgan fingerprint density at radius 1 is 0.913 bits per heavy atom. The van der Waals surface area contributed by atoms with Crippen molar-refractivity contribution in [3.8, 4) is 0 Å². The Kier molecular flexibility index (Phi) is 5.14. The zero-order chi connectivity index (χ0) is 16.8. The Bertz CT molecular complexity index is 684. The Hall–Kier alpha value is -3.09. The number of hydrazine groups is 1. The molecule has 7 heteroatoms. The lowest BCUT2D eigenvalue weighted by atomic mass is 10.2. The Labute approximate surface area is 133 Å². The fourth-order valence-corrected chi connectivity index (χ4v) is 1.79. The average Bonchev–Trinajstić information content (AvgIpc) is 2.55. The van der Waals surface area contributed by atoms with Crippen LogP contribution in [-0.4, -0.2) is 26.0 Å². The molecule has 0 bridgehead atoms. The van der Waals surface area contributed by atoms with Crippen LogP contribution in [0.5, 0.6) is 0 Å². The fourth-order valence-electron chi connectivity index (χ4n) is 1.79. The smallest absolute Gasteiger partial charge is 0.337 e. The minimum absolute atomic E-state index is 0.398. The van der Waals surface area contributed by atoms with Crippen molar-refractivity contribution in [2.45, 2.75) is 0 Å². The van der Waals surface area contributed by atoms with Gasteiger partial charge in [0.2, 0.25) is 0 Å². The van der Waals surface area contributed by atoms with Crippen molar-refractivity contribution >= 4 is 23.3 Å². The first-order chi connectivity index (χ1) is 11.0. The first kappa shape index (κ1) is 16.3. The molecule has 3 N–H and O–H groups in total. The lowest BCUT2D eigenvalue weighted by Gasteiger charge is -2.13. The van der Waals surface area contributed by atoms with Gasteiger partial charge in [0.05, 0.1) is 0 Å². The highest BCUT2D eigenvalue weighted by atomic mass is 19.1. The van der Waals surface area contributed by atoms with E-state index in [0.717, 1.165) is 5.69 Å². The Balaban J connectivity index is 1.85. The molecule has 0 aromatic heterocycles. The van der Waals surface area contributed by atoms with Crippen molar-refractivity contribution in [3.05, 3.63) is 59.9 Å². The highest BCUT2D eigenvalue weighted by molar-refractivity contribution is 5.97. The van der Waals surface area contributed by atoms with Gasteiger partial charge in [0.15, 0.2) is 0 Å². The van der Waals surface area contributed by atoms with E-state index in [1.54, 1.807) is 24.3 Å². The third-order valence-electron chi connectivity index (χ3n) is 3.04. The topological polar surface area (TPSA) is 73.5 Å². The average molecular weight is 316 g/mol. The Morgan fingerprint density at radius 3 is 2.09 bits per heavy atom. The fraction of sp³-hybridized carbons (Fsp3) is 0.125. The molecule has 0 unspecified atom stereocenters. The Morgan fingerprint density at radius 2 is 1.52 bits per heavy atom. The first-order valence-corrected chi connectivity index (χ1v) is 6.86. The van der Waals surface area contributed by atoms with Crippen molar-refractivity contribution in [1.82, 2.24) is 10.9 Å². The SMILES string of the molecule is CN(C)c1ccc(C(=O)NNC(=O)Nc2ccc(F)cc2)cc1. The van der Waals surface area contributed by atoms with Crippen molar-refractivity contribution < 1.29 is 14.0 Å². The van der Waals surface area contributed by atoms with E-state index in [1.165, 1.54) is 24.3 Å². The summed E-state index contributed by atoms with van der Waals surface area (Å²) in [4.78, 5) is 25.5. The molecule has 0 fully saturated rings. The second kappa shape index (κ2) is 7.26. The lowest BCUT2D eigenvalue weighted by molar-refractivity contribution is 0.0938. The van der Waals surface area contributed by atoms with Gasteiger partial charge < -0.3 is 10.2 Å². The maximum absolute atomic E-state index is 12.8. The van der Waals surface area contributed by atoms with Crippen LogP contribution >= 0.6 is 0 Å². The second-order valence-corrected chi connectivity index (χ2v) is 4.98. The predicted molar refractivity (Wildman–Crippen MR) is 86.8 cm³/mol. The standard InChI is InChI=1S/C16H17FN4O2/c1-21(2)14-9-3-11(4-10-14)15(22)19-20-16(23)18-13-7-5-12(17)6-8-13/h3-10H,1-2H3,(H,19,22)(H2,18,20,23). The van der Waals surface area contributed by atoms with Gasteiger partial charge in [-0.3, -0.25) is 10.2 Å². The maximum atomic E-state index is 12.8. The van der Waals surface area contributed by atoms with Crippen LogP contribution in [0.25, 0.3) is 0 Å². The maximum Gasteiger partial charge on any atom is 0.337 e. The number of anilines is 2. The van der Waals surface area contributed by atoms with Gasteiger partial charge in [0.25, 0.3) is 5.91 Å². The number of halogens is 1. The summed E-state index contributed by atoms with van der Waals surface area (Å²) in [6, 6.07) is 11.6. The van der Waals surface area contributed by atoms with Gasteiger partial charge in [0, 0.05) is 31.0 Å². The molecule has 0 aliphatic carbocycles. The highest BCUT2D eigenvalue weighted by Crippen LogP contribution is 2.12. The zero-order valence-corrected chi connectivity index (χ0v) is 12.8. The van der Waals surface area contributed by atoms with E-state index in [0.29, 0.717) is 11.3 Å². The molecule has 2 rings (SSSR count). The summed E-state index contributed by atoms with van der Waals surface area (Å²) < 4.78 is 12.8. The van der Waals surface area contributed by atoms with Crippen LogP contribution in [0.1, 0.15) is 10.4 Å². The highest BCUT2D eigenvalue weighted by Gasteiger charge is 2.08. The van der Waals surface area contributed by atoms with Gasteiger partial charge in [-0.15, -0.1) is 0 Å². The van der Waals surface area contributed by atoms with Gasteiger partial charge in [-0.2, -0.15) is 0 Å². The summed E-state index contributed by atoms with van der Waals surface area (Å²) in [6.45, 7) is 0. The van der Waals surface area contributed by atoms with E-state index >= 15 is 0 Å². The van der Waals surface area contributed by atoms with Gasteiger partial charge in [0.1, 0.15) is 5.82 Å². The van der Waals surface area contributed by atoms with Crippen LogP contribution in [0.3, 0.4) is 0 Å². The van der Waals surface area contributed by atoms with Crippen LogP contribution in [0, 0.1) is 5.82 Å². The molecule has 2 aromatic rings. The lowest BCUT2D eigenvalue weighted by Crippen LogP contribution is -2.43. The molecule has 0 radical (unpaired) electrons. The van der Waals surface area contributed by atoms with Crippen LogP contribution < -0.4 is 21.1 Å². The van der Waals surface area contributed by atoms with Crippen molar-refractivity contribution in [3.63, 3.8) is 0 Å². The van der Waals surface area contributed by atoms with Gasteiger partial charge in [-0.1, -0.05) is 0 Å². The summed E-state index contributed by atoms with van der Waals surface area (Å²) in [7, 11) is 3.80. The van der Waals surface area contributed by atoms with E-state index < -0.39 is 17.8 Å². The number of benzene rings is 2. The number of urea groups is 1. The van der Waals surface area contributed by atoms with Crippen LogP contribution in [-0.2, 0) is 0 Å². The third-order valence-corrected chi connectivity index (χ3v) is 3.04. The number of nitrogens with zero attached hydrogens (tertiary/aromatic N) is 1. The summed E-state index contributed by atoms with van der Waals surface area (Å²) in [6.07, 6.45) is 0. The van der Waals surface area contributed by atoms with E-state index in [1.807, 2.05) is 19.0 Å². The summed E-state index contributed by atoms with van der Waals surface area (Å²) in [5, 5.41) is 2.46. The zero-order valence-electron chi connectivity index (χ0n) is 12.8. The number of amides is 3. The van der Waals surface area contributed by atoms with Gasteiger partial charge >= 0.3 is 6.03 Å². The van der Waals surface area contributed by atoms with Crippen molar-refractivity contribution in [2.24, 2.45) is 0 Å². The van der Waals surface area contributed by atoms with E-state index in [2.05, 4.69) is 16.2 Å². The summed E-state index contributed by atoms with van der Waals surface area (Å²) >= 11 is 0. The molecule has 0 atom stereocenters. The van der Waals surface area contributed by atoms with E-state index in [9.17, 15) is 14.0 Å². The monoisotopic (exact) mass is 316 g/mol. The van der Waals surface area contributed by atoms with Crippen molar-refractivity contribution in [2.75, 3.05) is 24.3 Å². The molecule has 23 heavy (non-hydrogen) atoms. The number of carbonyl (C=O) groups excluding carboxylic acids is 2. The predicted octanol–water partition coefficient (Wildman–Crippen LogP) is 2.36. The number of hydrogen-bond donors (Lipinski definition) is 3. The van der Waals surface area contributed by atoms with Gasteiger partial charge in [-0.05, 0) is 48.5 Å². The summed E-state index contributed by atoms with van der Waals surface area (Å²) in [5.41, 5.74) is 6.30. The largest absolute Gasteiger partial charge is 0.378 e. The number of rotatable bonds is 3. The molecule has 120 valence electrons. The van der Waals surface area contributed by atoms with E-state index in [-0.39, 0.29) is 0 Å². The molecular weight excluding hydrogens is 299 g/mol. The summed E-state index contributed by atoms with van der Waals surface area (Å²) in [5.74, 6) is -0.838. The molecule has 0 saturated carbocycles. The molecule has 0 saturated heterocycles. The quantitative estimate of drug-likeness (QED) is 0.761. The van der Waals surface area contributed by atoms with E-state index in [4.69, 9.17) is 0 Å². The van der Waals surface area contributed by atoms with Gasteiger partial charge in [-0.25, -0.2) is 14.6 Å². The molecule has 3 amide bonds. The molecule has 0 aliphatic heterocycles. The minimum Gasteiger partial charge on any atom is -0.378 e. The number of carbonyl (C=O) groups is 2. The normalized spacial score (nSPS) is 9.87.